The van der Waals surface area contributed by atoms with Crippen LogP contribution < -0.4 is 0 Å². The van der Waals surface area contributed by atoms with Crippen LogP contribution in [0.4, 0.5) is 0 Å². The minimum Gasteiger partial charge on any atom is -0.458 e. The maximum atomic E-state index is 11.2. The van der Waals surface area contributed by atoms with Crippen molar-refractivity contribution in [3.63, 3.8) is 0 Å². The van der Waals surface area contributed by atoms with Crippen LogP contribution in [0.3, 0.4) is 0 Å². The molecule has 0 heterocycles. The first-order valence-electron chi connectivity index (χ1n) is 5.08. The molecule has 0 bridgehead atoms. The van der Waals surface area contributed by atoms with Crippen LogP contribution in [0.2, 0.25) is 5.02 Å². The highest BCUT2D eigenvalue weighted by Crippen LogP contribution is 2.19. The van der Waals surface area contributed by atoms with E-state index in [4.69, 9.17) is 16.3 Å². The van der Waals surface area contributed by atoms with Gasteiger partial charge < -0.3 is 4.74 Å². The molecule has 0 amide bonds. The lowest BCUT2D eigenvalue weighted by Gasteiger charge is -2.13. The first kappa shape index (κ1) is 12.1. The Morgan fingerprint density at radius 2 is 2.00 bits per heavy atom. The summed E-state index contributed by atoms with van der Waals surface area (Å²) in [5, 5.41) is 0.686. The first-order valence-corrected chi connectivity index (χ1v) is 5.46. The Bertz CT molecular complexity index is 319. The summed E-state index contributed by atoms with van der Waals surface area (Å²) in [6.45, 7) is 3.81. The summed E-state index contributed by atoms with van der Waals surface area (Å²) in [7, 11) is 0. The molecule has 1 aromatic carbocycles. The first-order chi connectivity index (χ1) is 7.13. The van der Waals surface area contributed by atoms with Crippen LogP contribution in [0.1, 0.15) is 38.4 Å². The fraction of sp³-hybridized carbons (Fsp3) is 0.417. The molecular formula is C12H15ClO2. The molecule has 2 nitrogen and oxygen atoms in total. The van der Waals surface area contributed by atoms with Crippen molar-refractivity contribution in [2.45, 2.75) is 32.8 Å². The van der Waals surface area contributed by atoms with Gasteiger partial charge in [-0.2, -0.15) is 0 Å². The summed E-state index contributed by atoms with van der Waals surface area (Å²) in [6, 6.07) is 7.32. The Kier molecular flexibility index (Phi) is 4.63. The number of hydrogen-bond acceptors (Lipinski definition) is 2. The van der Waals surface area contributed by atoms with Crippen LogP contribution >= 0.6 is 11.6 Å². The fourth-order valence-electron chi connectivity index (χ4n) is 1.26. The second-order valence-electron chi connectivity index (χ2n) is 3.43. The van der Waals surface area contributed by atoms with Crippen LogP contribution in [0.25, 0.3) is 0 Å². The number of rotatable bonds is 4. The molecule has 1 atom stereocenters. The monoisotopic (exact) mass is 226 g/mol. The highest BCUT2D eigenvalue weighted by molar-refractivity contribution is 6.30. The smallest absolute Gasteiger partial charge is 0.306 e. The Morgan fingerprint density at radius 3 is 2.53 bits per heavy atom. The van der Waals surface area contributed by atoms with E-state index in [2.05, 4.69) is 0 Å². The average molecular weight is 227 g/mol. The second kappa shape index (κ2) is 5.76. The van der Waals surface area contributed by atoms with Crippen molar-refractivity contribution >= 4 is 17.6 Å². The van der Waals surface area contributed by atoms with Gasteiger partial charge in [-0.15, -0.1) is 0 Å². The van der Waals surface area contributed by atoms with E-state index in [1.807, 2.05) is 26.0 Å². The zero-order chi connectivity index (χ0) is 11.3. The van der Waals surface area contributed by atoms with Gasteiger partial charge in [0.25, 0.3) is 0 Å². The van der Waals surface area contributed by atoms with Crippen LogP contribution in [0, 0.1) is 0 Å². The normalized spacial score (nSPS) is 12.2. The maximum Gasteiger partial charge on any atom is 0.306 e. The van der Waals surface area contributed by atoms with Crippen molar-refractivity contribution in [3.8, 4) is 0 Å². The molecular weight excluding hydrogens is 212 g/mol. The molecule has 0 saturated heterocycles. The van der Waals surface area contributed by atoms with E-state index in [0.717, 1.165) is 12.0 Å². The number of esters is 1. The molecule has 0 saturated carbocycles. The average Bonchev–Trinajstić information content (AvgIpc) is 2.18. The Hall–Kier alpha value is -1.02. The van der Waals surface area contributed by atoms with E-state index in [1.165, 1.54) is 0 Å². The molecule has 1 aromatic rings. The van der Waals surface area contributed by atoms with Gasteiger partial charge in [-0.25, -0.2) is 0 Å². The molecule has 1 rings (SSSR count). The molecule has 15 heavy (non-hydrogen) atoms. The number of hydrogen-bond donors (Lipinski definition) is 0. The lowest BCUT2D eigenvalue weighted by molar-refractivity contribution is -0.148. The SMILES string of the molecule is CCCC(=O)O[C@H](C)c1ccc(Cl)cc1. The zero-order valence-electron chi connectivity index (χ0n) is 9.00. The van der Waals surface area contributed by atoms with Gasteiger partial charge in [-0.3, -0.25) is 4.79 Å². The van der Waals surface area contributed by atoms with Crippen molar-refractivity contribution < 1.29 is 9.53 Å². The molecule has 0 radical (unpaired) electrons. The molecule has 0 N–H and O–H groups in total. The zero-order valence-corrected chi connectivity index (χ0v) is 9.75. The summed E-state index contributed by atoms with van der Waals surface area (Å²) in [5.41, 5.74) is 0.962. The highest BCUT2D eigenvalue weighted by atomic mass is 35.5. The molecule has 3 heteroatoms. The predicted molar refractivity (Wildman–Crippen MR) is 60.9 cm³/mol. The Morgan fingerprint density at radius 1 is 1.40 bits per heavy atom. The number of benzene rings is 1. The van der Waals surface area contributed by atoms with E-state index < -0.39 is 0 Å². The predicted octanol–water partition coefficient (Wildman–Crippen LogP) is 3.74. The highest BCUT2D eigenvalue weighted by Gasteiger charge is 2.10. The van der Waals surface area contributed by atoms with E-state index >= 15 is 0 Å². The lowest BCUT2D eigenvalue weighted by Crippen LogP contribution is -2.08. The standard InChI is InChI=1S/C12H15ClO2/c1-3-4-12(14)15-9(2)10-5-7-11(13)8-6-10/h5-9H,3-4H2,1-2H3/t9-/m1/s1. The topological polar surface area (TPSA) is 26.3 Å². The van der Waals surface area contributed by atoms with Gasteiger partial charge >= 0.3 is 5.97 Å². The summed E-state index contributed by atoms with van der Waals surface area (Å²) in [6.07, 6.45) is 1.07. The van der Waals surface area contributed by atoms with Crippen molar-refractivity contribution in [2.24, 2.45) is 0 Å². The Labute approximate surface area is 95.2 Å². The van der Waals surface area contributed by atoms with E-state index in [-0.39, 0.29) is 12.1 Å². The lowest BCUT2D eigenvalue weighted by atomic mass is 10.1. The van der Waals surface area contributed by atoms with Gasteiger partial charge in [-0.1, -0.05) is 30.7 Å². The molecule has 0 fully saturated rings. The summed E-state index contributed by atoms with van der Waals surface area (Å²) >= 11 is 5.76. The van der Waals surface area contributed by atoms with Crippen LogP contribution in [0.15, 0.2) is 24.3 Å². The minimum absolute atomic E-state index is 0.153. The summed E-state index contributed by atoms with van der Waals surface area (Å²) in [4.78, 5) is 11.2. The molecule has 0 aliphatic rings. The maximum absolute atomic E-state index is 11.2. The van der Waals surface area contributed by atoms with Gasteiger partial charge in [0, 0.05) is 11.4 Å². The number of halogens is 1. The van der Waals surface area contributed by atoms with Gasteiger partial charge in [0.15, 0.2) is 0 Å². The molecule has 0 unspecified atom stereocenters. The number of carbonyl (C=O) groups is 1. The van der Waals surface area contributed by atoms with Crippen LogP contribution in [-0.4, -0.2) is 5.97 Å². The van der Waals surface area contributed by atoms with E-state index in [1.54, 1.807) is 12.1 Å². The van der Waals surface area contributed by atoms with Gasteiger partial charge in [-0.05, 0) is 31.0 Å². The van der Waals surface area contributed by atoms with E-state index in [0.29, 0.717) is 11.4 Å². The van der Waals surface area contributed by atoms with Crippen molar-refractivity contribution in [1.29, 1.82) is 0 Å². The van der Waals surface area contributed by atoms with Gasteiger partial charge in [0.2, 0.25) is 0 Å². The van der Waals surface area contributed by atoms with Crippen LogP contribution in [-0.2, 0) is 9.53 Å². The third kappa shape index (κ3) is 3.92. The molecule has 0 aromatic heterocycles. The van der Waals surface area contributed by atoms with Crippen LogP contribution in [0.5, 0.6) is 0 Å². The minimum atomic E-state index is -0.207. The van der Waals surface area contributed by atoms with Crippen molar-refractivity contribution in [3.05, 3.63) is 34.9 Å². The van der Waals surface area contributed by atoms with E-state index in [9.17, 15) is 4.79 Å². The number of ether oxygens (including phenoxy) is 1. The molecule has 82 valence electrons. The Balaban J connectivity index is 2.57. The summed E-state index contributed by atoms with van der Waals surface area (Å²) < 4.78 is 5.23. The number of carbonyl (C=O) groups excluding carboxylic acids is 1. The quantitative estimate of drug-likeness (QED) is 0.731. The molecule has 0 spiro atoms. The summed E-state index contributed by atoms with van der Waals surface area (Å²) in [5.74, 6) is -0.153. The van der Waals surface area contributed by atoms with Crippen molar-refractivity contribution in [2.75, 3.05) is 0 Å². The fourth-order valence-corrected chi connectivity index (χ4v) is 1.39. The largest absolute Gasteiger partial charge is 0.458 e. The third-order valence-corrected chi connectivity index (χ3v) is 2.35. The third-order valence-electron chi connectivity index (χ3n) is 2.10. The molecule has 0 aliphatic heterocycles. The van der Waals surface area contributed by atoms with Gasteiger partial charge in [0.05, 0.1) is 0 Å². The molecule has 0 aliphatic carbocycles. The van der Waals surface area contributed by atoms with Gasteiger partial charge in [0.1, 0.15) is 6.10 Å². The second-order valence-corrected chi connectivity index (χ2v) is 3.87. The van der Waals surface area contributed by atoms with Crippen molar-refractivity contribution in [1.82, 2.24) is 0 Å².